The molecule has 0 aromatic rings. The van der Waals surface area contributed by atoms with Gasteiger partial charge in [0, 0.05) is 7.05 Å². The quantitative estimate of drug-likeness (QED) is 0.627. The topological polar surface area (TPSA) is 37.4 Å². The lowest BCUT2D eigenvalue weighted by molar-refractivity contribution is -0.129. The number of rotatable bonds is 1. The van der Waals surface area contributed by atoms with Crippen LogP contribution in [0, 0.1) is 5.92 Å². The van der Waals surface area contributed by atoms with Gasteiger partial charge in [-0.25, -0.2) is 0 Å². The van der Waals surface area contributed by atoms with E-state index >= 15 is 0 Å². The van der Waals surface area contributed by atoms with Crippen molar-refractivity contribution in [2.45, 2.75) is 25.5 Å². The first-order chi connectivity index (χ1) is 5.39. The van der Waals surface area contributed by atoms with Gasteiger partial charge in [0.05, 0.1) is 0 Å². The Hall–Kier alpha value is -0.510. The third-order valence-electron chi connectivity index (χ3n) is 2.40. The summed E-state index contributed by atoms with van der Waals surface area (Å²) in [5.74, 6) is 0.108. The maximum Gasteiger partial charge on any atom is 0.289 e. The van der Waals surface area contributed by atoms with Gasteiger partial charge in [0.25, 0.3) is 5.24 Å². The summed E-state index contributed by atoms with van der Waals surface area (Å²) in [5.41, 5.74) is 0. The lowest BCUT2D eigenvalue weighted by atomic mass is 9.96. The van der Waals surface area contributed by atoms with Gasteiger partial charge in [-0.2, -0.15) is 0 Å². The number of carbonyl (C=O) groups is 2. The van der Waals surface area contributed by atoms with Crippen molar-refractivity contribution < 1.29 is 9.59 Å². The molecule has 1 aliphatic rings. The summed E-state index contributed by atoms with van der Waals surface area (Å²) in [5, 5.41) is -0.142. The summed E-state index contributed by atoms with van der Waals surface area (Å²) in [4.78, 5) is 23.9. The van der Waals surface area contributed by atoms with Gasteiger partial charge >= 0.3 is 0 Å². The highest BCUT2D eigenvalue weighted by molar-refractivity contribution is 8.16. The molecule has 0 aromatic heterocycles. The predicted molar refractivity (Wildman–Crippen MR) is 49.0 cm³/mol. The van der Waals surface area contributed by atoms with Crippen molar-refractivity contribution in [3.63, 3.8) is 0 Å². The largest absolute Gasteiger partial charge is 0.289 e. The number of imide groups is 1. The fourth-order valence-corrected chi connectivity index (χ4v) is 2.12. The standard InChI is InChI=1S/C8H13NO2S/c1-5(2)8(3)6(10)9(4)7(11)12-8/h5H,1-4H3. The number of hydrogen-bond acceptors (Lipinski definition) is 3. The van der Waals surface area contributed by atoms with E-state index in [4.69, 9.17) is 0 Å². The van der Waals surface area contributed by atoms with E-state index in [9.17, 15) is 9.59 Å². The van der Waals surface area contributed by atoms with E-state index in [1.165, 1.54) is 11.9 Å². The second-order valence-corrected chi connectivity index (χ2v) is 4.90. The molecule has 4 heteroatoms. The lowest BCUT2D eigenvalue weighted by Crippen LogP contribution is -2.39. The maximum atomic E-state index is 11.6. The highest BCUT2D eigenvalue weighted by atomic mass is 32.2. The molecule has 1 unspecified atom stereocenters. The van der Waals surface area contributed by atoms with Crippen LogP contribution in [0.4, 0.5) is 4.79 Å². The molecular formula is C8H13NO2S. The second-order valence-electron chi connectivity index (χ2n) is 3.49. The minimum absolute atomic E-state index is 0.0764. The van der Waals surface area contributed by atoms with Crippen LogP contribution >= 0.6 is 11.8 Å². The Morgan fingerprint density at radius 2 is 1.92 bits per heavy atom. The van der Waals surface area contributed by atoms with Crippen LogP contribution < -0.4 is 0 Å². The van der Waals surface area contributed by atoms with Gasteiger partial charge in [-0.15, -0.1) is 0 Å². The Morgan fingerprint density at radius 1 is 1.42 bits per heavy atom. The highest BCUT2D eigenvalue weighted by Crippen LogP contribution is 2.41. The minimum Gasteiger partial charge on any atom is -0.275 e. The SMILES string of the molecule is CC(C)C1(C)SC(=O)N(C)C1=O. The van der Waals surface area contributed by atoms with E-state index in [-0.39, 0.29) is 17.1 Å². The van der Waals surface area contributed by atoms with Crippen molar-refractivity contribution in [2.75, 3.05) is 7.05 Å². The first kappa shape index (κ1) is 9.58. The van der Waals surface area contributed by atoms with Crippen molar-refractivity contribution in [3.05, 3.63) is 0 Å². The molecule has 1 aliphatic heterocycles. The van der Waals surface area contributed by atoms with Crippen molar-refractivity contribution in [1.29, 1.82) is 0 Å². The molecule has 3 nitrogen and oxygen atoms in total. The van der Waals surface area contributed by atoms with E-state index in [0.29, 0.717) is 0 Å². The van der Waals surface area contributed by atoms with Crippen molar-refractivity contribution in [1.82, 2.24) is 4.90 Å². The van der Waals surface area contributed by atoms with E-state index in [2.05, 4.69) is 0 Å². The lowest BCUT2D eigenvalue weighted by Gasteiger charge is -2.23. The molecule has 1 saturated heterocycles. The Labute approximate surface area is 76.5 Å². The number of hydrogen-bond donors (Lipinski definition) is 0. The summed E-state index contributed by atoms with van der Waals surface area (Å²) < 4.78 is -0.550. The fourth-order valence-electron chi connectivity index (χ4n) is 1.07. The number of carbonyl (C=O) groups excluding carboxylic acids is 2. The van der Waals surface area contributed by atoms with Crippen LogP contribution in [0.1, 0.15) is 20.8 Å². The van der Waals surface area contributed by atoms with Crippen molar-refractivity contribution in [3.8, 4) is 0 Å². The summed E-state index contributed by atoms with van der Waals surface area (Å²) in [6.45, 7) is 5.74. The molecule has 0 saturated carbocycles. The normalized spacial score (nSPS) is 30.6. The van der Waals surface area contributed by atoms with Gasteiger partial charge in [-0.3, -0.25) is 14.5 Å². The van der Waals surface area contributed by atoms with Gasteiger partial charge in [0.2, 0.25) is 5.91 Å². The molecule has 12 heavy (non-hydrogen) atoms. The van der Waals surface area contributed by atoms with Crippen molar-refractivity contribution in [2.24, 2.45) is 5.92 Å². The van der Waals surface area contributed by atoms with Crippen LogP contribution in [0.25, 0.3) is 0 Å². The highest BCUT2D eigenvalue weighted by Gasteiger charge is 2.49. The zero-order chi connectivity index (χ0) is 9.52. The number of amides is 2. The smallest absolute Gasteiger partial charge is 0.275 e. The molecule has 1 rings (SSSR count). The van der Waals surface area contributed by atoms with Gasteiger partial charge < -0.3 is 0 Å². The molecule has 1 heterocycles. The molecule has 0 N–H and O–H groups in total. The zero-order valence-electron chi connectivity index (χ0n) is 7.75. The summed E-state index contributed by atoms with van der Waals surface area (Å²) >= 11 is 1.13. The molecule has 1 atom stereocenters. The molecule has 0 aromatic carbocycles. The van der Waals surface area contributed by atoms with Crippen molar-refractivity contribution >= 4 is 22.9 Å². The van der Waals surface area contributed by atoms with E-state index in [0.717, 1.165) is 11.8 Å². The second kappa shape index (κ2) is 2.76. The van der Waals surface area contributed by atoms with Crippen LogP contribution in [-0.2, 0) is 4.79 Å². The molecule has 0 bridgehead atoms. The molecule has 68 valence electrons. The van der Waals surface area contributed by atoms with E-state index in [1.807, 2.05) is 20.8 Å². The summed E-state index contributed by atoms with van der Waals surface area (Å²) in [6, 6.07) is 0. The predicted octanol–water partition coefficient (Wildman–Crippen LogP) is 1.73. The van der Waals surface area contributed by atoms with Gasteiger partial charge in [-0.1, -0.05) is 13.8 Å². The van der Waals surface area contributed by atoms with Crippen LogP contribution in [-0.4, -0.2) is 27.8 Å². The Morgan fingerprint density at radius 3 is 2.08 bits per heavy atom. The Kier molecular flexibility index (Phi) is 2.21. The van der Waals surface area contributed by atoms with Crippen LogP contribution in [0.15, 0.2) is 0 Å². The summed E-state index contributed by atoms with van der Waals surface area (Å²) in [6.07, 6.45) is 0. The Balaban J connectivity index is 2.97. The van der Waals surface area contributed by atoms with Gasteiger partial charge in [0.1, 0.15) is 4.75 Å². The molecule has 1 fully saturated rings. The number of nitrogens with zero attached hydrogens (tertiary/aromatic N) is 1. The van der Waals surface area contributed by atoms with Crippen LogP contribution in [0.2, 0.25) is 0 Å². The summed E-state index contributed by atoms with van der Waals surface area (Å²) in [7, 11) is 1.53. The zero-order valence-corrected chi connectivity index (χ0v) is 8.57. The fraction of sp³-hybridized carbons (Fsp3) is 0.750. The third-order valence-corrected chi connectivity index (χ3v) is 3.92. The molecular weight excluding hydrogens is 174 g/mol. The number of thioether (sulfide) groups is 1. The minimum atomic E-state index is -0.550. The molecule has 2 amide bonds. The van der Waals surface area contributed by atoms with Crippen LogP contribution in [0.3, 0.4) is 0 Å². The average Bonchev–Trinajstić information content (AvgIpc) is 2.17. The average molecular weight is 187 g/mol. The van der Waals surface area contributed by atoms with E-state index in [1.54, 1.807) is 0 Å². The molecule has 0 radical (unpaired) electrons. The van der Waals surface area contributed by atoms with Gasteiger partial charge in [0.15, 0.2) is 0 Å². The molecule has 0 aliphatic carbocycles. The maximum absolute atomic E-state index is 11.6. The van der Waals surface area contributed by atoms with Crippen LogP contribution in [0.5, 0.6) is 0 Å². The Bertz CT molecular complexity index is 239. The third kappa shape index (κ3) is 1.14. The van der Waals surface area contributed by atoms with Gasteiger partial charge in [-0.05, 0) is 24.6 Å². The molecule has 0 spiro atoms. The first-order valence-corrected chi connectivity index (χ1v) is 4.72. The monoisotopic (exact) mass is 187 g/mol. The first-order valence-electron chi connectivity index (χ1n) is 3.90. The van der Waals surface area contributed by atoms with E-state index < -0.39 is 4.75 Å².